The van der Waals surface area contributed by atoms with Crippen LogP contribution in [-0.2, 0) is 10.9 Å². The van der Waals surface area contributed by atoms with Crippen LogP contribution in [0.5, 0.6) is 0 Å². The number of aromatic nitrogens is 2. The zero-order valence-electron chi connectivity index (χ0n) is 17.8. The Kier molecular flexibility index (Phi) is 9.74. The molecule has 1 N–H and O–H groups in total. The number of thiazole rings is 1. The Balaban J connectivity index is 0.00000193. The van der Waals surface area contributed by atoms with Crippen molar-refractivity contribution < 1.29 is 22.3 Å². The molecule has 13 heteroatoms. The molecule has 1 fully saturated rings. The van der Waals surface area contributed by atoms with E-state index in [1.54, 1.807) is 25.6 Å². The summed E-state index contributed by atoms with van der Waals surface area (Å²) in [5.74, 6) is 0. The van der Waals surface area contributed by atoms with Crippen molar-refractivity contribution >= 4 is 53.0 Å². The molecular formula is C20H25Cl2F4N5OS. The van der Waals surface area contributed by atoms with Gasteiger partial charge in [-0.3, -0.25) is 9.88 Å². The summed E-state index contributed by atoms with van der Waals surface area (Å²) in [5, 5.41) is 3.77. The van der Waals surface area contributed by atoms with Crippen LogP contribution in [-0.4, -0.2) is 72.4 Å². The Labute approximate surface area is 205 Å². The highest BCUT2D eigenvalue weighted by atomic mass is 35.5. The molecule has 0 radical (unpaired) electrons. The van der Waals surface area contributed by atoms with E-state index in [0.717, 1.165) is 5.22 Å². The van der Waals surface area contributed by atoms with Crippen LogP contribution < -0.4 is 15.9 Å². The standard InChI is InChI=1S/C20H23F4N5OS.2ClH/c1-30-10-4-14-12-29(9-8-28(14)7-5-21)17-15-13(3-2-6-25-15)11-26-18-16(17)27-19(31-18)20(22,23)24;;/h2-3,6,11,14,26H,4-5,7-10,12H2,1H3;2*1H. The van der Waals surface area contributed by atoms with Crippen molar-refractivity contribution in [3.63, 3.8) is 0 Å². The van der Waals surface area contributed by atoms with Gasteiger partial charge in [-0.15, -0.1) is 24.8 Å². The van der Waals surface area contributed by atoms with Crippen molar-refractivity contribution in [3.05, 3.63) is 39.6 Å². The van der Waals surface area contributed by atoms with Crippen LogP contribution in [0.1, 0.15) is 17.1 Å². The van der Waals surface area contributed by atoms with Crippen molar-refractivity contribution in [2.75, 3.05) is 51.9 Å². The molecule has 4 heterocycles. The molecule has 33 heavy (non-hydrogen) atoms. The molecule has 1 atom stereocenters. The second kappa shape index (κ2) is 11.7. The van der Waals surface area contributed by atoms with Crippen LogP contribution in [0, 0.1) is 0 Å². The van der Waals surface area contributed by atoms with Gasteiger partial charge < -0.3 is 15.0 Å². The quantitative estimate of drug-likeness (QED) is 0.580. The molecule has 2 aromatic heterocycles. The van der Waals surface area contributed by atoms with Crippen molar-refractivity contribution in [3.8, 4) is 0 Å². The van der Waals surface area contributed by atoms with Crippen molar-refractivity contribution in [1.29, 1.82) is 0 Å². The van der Waals surface area contributed by atoms with Gasteiger partial charge in [-0.25, -0.2) is 9.37 Å². The van der Waals surface area contributed by atoms with Crippen LogP contribution in [0.25, 0.3) is 11.9 Å². The predicted octanol–water partition coefficient (Wildman–Crippen LogP) is 2.71. The Hall–Kier alpha value is -1.66. The zero-order chi connectivity index (χ0) is 22.0. The zero-order valence-corrected chi connectivity index (χ0v) is 20.2. The van der Waals surface area contributed by atoms with Gasteiger partial charge in [0.1, 0.15) is 17.4 Å². The van der Waals surface area contributed by atoms with Crippen molar-refractivity contribution in [2.45, 2.75) is 18.6 Å². The Bertz CT molecular complexity index is 1050. The smallest absolute Gasteiger partial charge is 0.385 e. The Morgan fingerprint density at radius 2 is 2.06 bits per heavy atom. The fourth-order valence-electron chi connectivity index (χ4n) is 4.01. The van der Waals surface area contributed by atoms with E-state index in [1.807, 2.05) is 11.0 Å². The molecule has 2 aromatic rings. The van der Waals surface area contributed by atoms with Gasteiger partial charge in [-0.2, -0.15) is 13.2 Å². The molecule has 2 aliphatic rings. The number of anilines is 1. The summed E-state index contributed by atoms with van der Waals surface area (Å²) >= 11 is 0.584. The molecule has 2 aliphatic heterocycles. The maximum Gasteiger partial charge on any atom is 0.443 e. The molecule has 0 bridgehead atoms. The van der Waals surface area contributed by atoms with Crippen LogP contribution in [0.15, 0.2) is 18.3 Å². The van der Waals surface area contributed by atoms with E-state index in [1.165, 1.54) is 0 Å². The van der Waals surface area contributed by atoms with Gasteiger partial charge in [0.2, 0.25) is 5.01 Å². The molecule has 184 valence electrons. The number of halogens is 6. The average molecular weight is 530 g/mol. The molecule has 6 nitrogen and oxygen atoms in total. The molecule has 1 saturated heterocycles. The number of hydrogen-bond donors (Lipinski definition) is 1. The first-order chi connectivity index (χ1) is 14.9. The number of ether oxygens (including phenoxy) is 1. The summed E-state index contributed by atoms with van der Waals surface area (Å²) in [6, 6.07) is 3.65. The maximum atomic E-state index is 13.4. The first-order valence-electron chi connectivity index (χ1n) is 9.96. The van der Waals surface area contributed by atoms with E-state index in [0.29, 0.717) is 66.6 Å². The summed E-state index contributed by atoms with van der Waals surface area (Å²) in [6.07, 6.45) is -0.556. The second-order valence-corrected chi connectivity index (χ2v) is 8.38. The number of nitrogens with zero attached hydrogens (tertiary/aromatic N) is 4. The maximum absolute atomic E-state index is 13.4. The second-order valence-electron chi connectivity index (χ2n) is 7.38. The number of pyridine rings is 1. The van der Waals surface area contributed by atoms with Crippen LogP contribution in [0.3, 0.4) is 0 Å². The first kappa shape index (κ1) is 27.6. The van der Waals surface area contributed by atoms with Gasteiger partial charge in [0.05, 0.1) is 11.0 Å². The van der Waals surface area contributed by atoms with Crippen molar-refractivity contribution in [2.24, 2.45) is 0 Å². The van der Waals surface area contributed by atoms with Gasteiger partial charge in [0, 0.05) is 63.6 Å². The summed E-state index contributed by atoms with van der Waals surface area (Å²) in [7, 11) is 1.61. The normalized spacial score (nSPS) is 18.2. The van der Waals surface area contributed by atoms with Gasteiger partial charge in [-0.1, -0.05) is 11.3 Å². The Morgan fingerprint density at radius 1 is 1.27 bits per heavy atom. The summed E-state index contributed by atoms with van der Waals surface area (Å²) < 4.78 is 58.5. The minimum atomic E-state index is -4.53. The summed E-state index contributed by atoms with van der Waals surface area (Å²) in [5.41, 5.74) is 0.816. The minimum absolute atomic E-state index is 0. The molecule has 0 aliphatic carbocycles. The van der Waals surface area contributed by atoms with E-state index < -0.39 is 17.9 Å². The predicted molar refractivity (Wildman–Crippen MR) is 125 cm³/mol. The minimum Gasteiger partial charge on any atom is -0.385 e. The fourth-order valence-corrected chi connectivity index (χ4v) is 4.82. The van der Waals surface area contributed by atoms with Crippen LogP contribution >= 0.6 is 36.2 Å². The molecular weight excluding hydrogens is 505 g/mol. The monoisotopic (exact) mass is 529 g/mol. The van der Waals surface area contributed by atoms with E-state index in [4.69, 9.17) is 4.74 Å². The fraction of sp³-hybridized carbons (Fsp3) is 0.500. The average Bonchev–Trinajstić information content (AvgIpc) is 3.11. The molecule has 4 rings (SSSR count). The third-order valence-corrected chi connectivity index (χ3v) is 6.50. The lowest BCUT2D eigenvalue weighted by atomic mass is 10.1. The van der Waals surface area contributed by atoms with E-state index in [-0.39, 0.29) is 36.5 Å². The number of rotatable bonds is 6. The molecule has 0 spiro atoms. The van der Waals surface area contributed by atoms with E-state index in [9.17, 15) is 17.6 Å². The topological polar surface area (TPSA) is 53.5 Å². The highest BCUT2D eigenvalue weighted by Gasteiger charge is 2.38. The van der Waals surface area contributed by atoms with Gasteiger partial charge in [0.25, 0.3) is 0 Å². The van der Waals surface area contributed by atoms with Crippen molar-refractivity contribution in [1.82, 2.24) is 19.8 Å². The first-order valence-corrected chi connectivity index (χ1v) is 10.8. The number of alkyl halides is 4. The lowest BCUT2D eigenvalue weighted by molar-refractivity contribution is -0.137. The van der Waals surface area contributed by atoms with Gasteiger partial charge in [0.15, 0.2) is 0 Å². The van der Waals surface area contributed by atoms with Gasteiger partial charge >= 0.3 is 6.18 Å². The number of piperazine rings is 1. The SMILES string of the molecule is COCCC1CN(C2=c3ncccc3=CNc3sc(C(F)(F)F)nc32)CCN1CCF.Cl.Cl. The van der Waals surface area contributed by atoms with Crippen LogP contribution in [0.4, 0.5) is 22.6 Å². The number of fused-ring (bicyclic) bond motifs is 2. The molecule has 1 unspecified atom stereocenters. The summed E-state index contributed by atoms with van der Waals surface area (Å²) in [4.78, 5) is 12.6. The highest BCUT2D eigenvalue weighted by Crippen LogP contribution is 2.39. The lowest BCUT2D eigenvalue weighted by Crippen LogP contribution is -2.54. The lowest BCUT2D eigenvalue weighted by Gasteiger charge is -2.42. The third-order valence-electron chi connectivity index (χ3n) is 5.46. The third kappa shape index (κ3) is 5.89. The van der Waals surface area contributed by atoms with E-state index in [2.05, 4.69) is 20.2 Å². The summed E-state index contributed by atoms with van der Waals surface area (Å²) in [6.45, 7) is 2.03. The largest absolute Gasteiger partial charge is 0.443 e. The molecule has 0 saturated carbocycles. The van der Waals surface area contributed by atoms with Crippen LogP contribution in [0.2, 0.25) is 0 Å². The van der Waals surface area contributed by atoms with E-state index >= 15 is 0 Å². The number of methoxy groups -OCH3 is 1. The number of hydrogen-bond acceptors (Lipinski definition) is 7. The van der Waals surface area contributed by atoms with Gasteiger partial charge in [-0.05, 0) is 18.6 Å². The molecule has 0 amide bonds. The highest BCUT2D eigenvalue weighted by molar-refractivity contribution is 7.16. The Morgan fingerprint density at radius 3 is 2.76 bits per heavy atom. The molecule has 0 aromatic carbocycles. The number of nitrogens with one attached hydrogen (secondary N) is 1.